The number of carbonyl (C=O) groups excluding carboxylic acids is 1. The van der Waals surface area contributed by atoms with Crippen LogP contribution in [0.4, 0.5) is 13.2 Å². The summed E-state index contributed by atoms with van der Waals surface area (Å²) in [5.74, 6) is -2.15. The van der Waals surface area contributed by atoms with Crippen molar-refractivity contribution >= 4 is 11.9 Å². The van der Waals surface area contributed by atoms with E-state index < -0.39 is 30.5 Å². The average Bonchev–Trinajstić information content (AvgIpc) is 2.26. The van der Waals surface area contributed by atoms with Crippen molar-refractivity contribution in [3.8, 4) is 0 Å². The third kappa shape index (κ3) is 4.61. The summed E-state index contributed by atoms with van der Waals surface area (Å²) in [5.41, 5.74) is -0.414. The number of aromatic carboxylic acids is 1. The van der Waals surface area contributed by atoms with Gasteiger partial charge >= 0.3 is 12.1 Å². The van der Waals surface area contributed by atoms with Crippen molar-refractivity contribution in [2.75, 3.05) is 0 Å². The second-order valence-corrected chi connectivity index (χ2v) is 4.04. The lowest BCUT2D eigenvalue weighted by molar-refractivity contribution is -0.138. The summed E-state index contributed by atoms with van der Waals surface area (Å²) in [6.07, 6.45) is -5.56. The van der Waals surface area contributed by atoms with E-state index in [1.54, 1.807) is 0 Å². The molecule has 1 aromatic rings. The molecule has 1 aromatic carbocycles. The predicted octanol–water partition coefficient (Wildman–Crippen LogP) is 2.46. The van der Waals surface area contributed by atoms with Crippen LogP contribution in [0.25, 0.3) is 0 Å². The highest BCUT2D eigenvalue weighted by Crippen LogP contribution is 2.21. The van der Waals surface area contributed by atoms with Crippen molar-refractivity contribution in [3.63, 3.8) is 0 Å². The van der Waals surface area contributed by atoms with Gasteiger partial charge < -0.3 is 10.4 Å². The maximum atomic E-state index is 12.1. The van der Waals surface area contributed by atoms with Crippen molar-refractivity contribution in [2.45, 2.75) is 25.6 Å². The van der Waals surface area contributed by atoms with E-state index in [0.717, 1.165) is 0 Å². The highest BCUT2D eigenvalue weighted by molar-refractivity contribution is 6.04. The van der Waals surface area contributed by atoms with Gasteiger partial charge in [-0.05, 0) is 19.1 Å². The molecule has 1 unspecified atom stereocenters. The molecule has 0 bridgehead atoms. The summed E-state index contributed by atoms with van der Waals surface area (Å²) in [7, 11) is 0. The summed E-state index contributed by atoms with van der Waals surface area (Å²) in [5, 5.41) is 11.0. The molecule has 0 aliphatic carbocycles. The van der Waals surface area contributed by atoms with Crippen molar-refractivity contribution in [3.05, 3.63) is 35.4 Å². The fourth-order valence-corrected chi connectivity index (χ4v) is 1.57. The number of carboxylic acid groups (broad SMARTS) is 1. The molecule has 2 N–H and O–H groups in total. The largest absolute Gasteiger partial charge is 0.478 e. The Kier molecular flexibility index (Phi) is 4.52. The number of halogens is 3. The monoisotopic (exact) mass is 275 g/mol. The third-order valence-electron chi connectivity index (χ3n) is 2.32. The van der Waals surface area contributed by atoms with E-state index in [1.165, 1.54) is 31.2 Å². The molecule has 0 fully saturated rings. The molecule has 0 spiro atoms. The summed E-state index contributed by atoms with van der Waals surface area (Å²) in [6.45, 7) is 1.20. The Balaban J connectivity index is 2.82. The van der Waals surface area contributed by atoms with Crippen LogP contribution in [-0.4, -0.2) is 29.2 Å². The Morgan fingerprint density at radius 2 is 1.79 bits per heavy atom. The maximum absolute atomic E-state index is 12.1. The molecule has 0 aliphatic rings. The molecule has 0 radical (unpaired) electrons. The van der Waals surface area contributed by atoms with Gasteiger partial charge in [0.1, 0.15) is 0 Å². The van der Waals surface area contributed by atoms with Crippen LogP contribution in [-0.2, 0) is 0 Å². The van der Waals surface area contributed by atoms with Gasteiger partial charge in [0.25, 0.3) is 5.91 Å². The van der Waals surface area contributed by atoms with Crippen LogP contribution in [0.15, 0.2) is 24.3 Å². The molecule has 0 saturated carbocycles. The van der Waals surface area contributed by atoms with E-state index in [1.807, 2.05) is 0 Å². The minimum absolute atomic E-state index is 0.163. The smallest absolute Gasteiger partial charge is 0.391 e. The van der Waals surface area contributed by atoms with Gasteiger partial charge in [-0.15, -0.1) is 0 Å². The first-order chi connectivity index (χ1) is 8.70. The molecule has 0 aromatic heterocycles. The van der Waals surface area contributed by atoms with E-state index in [9.17, 15) is 22.8 Å². The molecule has 0 heterocycles. The van der Waals surface area contributed by atoms with Gasteiger partial charge in [0.05, 0.1) is 17.5 Å². The lowest BCUT2D eigenvalue weighted by Gasteiger charge is -2.16. The number of hydrogen-bond acceptors (Lipinski definition) is 2. The minimum atomic E-state index is -4.39. The number of nitrogens with one attached hydrogen (secondary N) is 1. The fourth-order valence-electron chi connectivity index (χ4n) is 1.57. The van der Waals surface area contributed by atoms with Gasteiger partial charge in [0, 0.05) is 6.04 Å². The molecular weight excluding hydrogens is 263 g/mol. The van der Waals surface area contributed by atoms with E-state index in [0.29, 0.717) is 0 Å². The quantitative estimate of drug-likeness (QED) is 0.887. The number of carboxylic acids is 1. The standard InChI is InChI=1S/C12H12F3NO3/c1-7(6-12(13,14)15)16-10(17)8-4-2-3-5-9(8)11(18)19/h2-5,7H,6H2,1H3,(H,16,17)(H,18,19). The van der Waals surface area contributed by atoms with Crippen LogP contribution in [0.5, 0.6) is 0 Å². The number of hydrogen-bond donors (Lipinski definition) is 2. The highest BCUT2D eigenvalue weighted by Gasteiger charge is 2.31. The Bertz CT molecular complexity index is 485. The van der Waals surface area contributed by atoms with Gasteiger partial charge in [-0.25, -0.2) is 4.79 Å². The first kappa shape index (κ1) is 15.0. The number of benzene rings is 1. The molecule has 104 valence electrons. The van der Waals surface area contributed by atoms with Crippen LogP contribution in [0, 0.1) is 0 Å². The number of carbonyl (C=O) groups is 2. The van der Waals surface area contributed by atoms with E-state index in [4.69, 9.17) is 5.11 Å². The molecular formula is C12H12F3NO3. The Morgan fingerprint density at radius 3 is 2.26 bits per heavy atom. The van der Waals surface area contributed by atoms with E-state index in [-0.39, 0.29) is 11.1 Å². The molecule has 4 nitrogen and oxygen atoms in total. The average molecular weight is 275 g/mol. The van der Waals surface area contributed by atoms with Crippen LogP contribution in [0.2, 0.25) is 0 Å². The van der Waals surface area contributed by atoms with Gasteiger partial charge in [0.15, 0.2) is 0 Å². The van der Waals surface area contributed by atoms with Crippen LogP contribution in [0.1, 0.15) is 34.1 Å². The molecule has 1 amide bonds. The van der Waals surface area contributed by atoms with Gasteiger partial charge in [0.2, 0.25) is 0 Å². The molecule has 7 heteroatoms. The zero-order valence-electron chi connectivity index (χ0n) is 9.99. The highest BCUT2D eigenvalue weighted by atomic mass is 19.4. The second-order valence-electron chi connectivity index (χ2n) is 4.04. The topological polar surface area (TPSA) is 66.4 Å². The summed E-state index contributed by atoms with van der Waals surface area (Å²) < 4.78 is 36.4. The van der Waals surface area contributed by atoms with Gasteiger partial charge in [-0.2, -0.15) is 13.2 Å². The van der Waals surface area contributed by atoms with E-state index in [2.05, 4.69) is 5.32 Å². The normalized spacial score (nSPS) is 12.8. The first-order valence-electron chi connectivity index (χ1n) is 5.40. The van der Waals surface area contributed by atoms with Crippen molar-refractivity contribution < 1.29 is 27.9 Å². The minimum Gasteiger partial charge on any atom is -0.478 e. The molecule has 0 aliphatic heterocycles. The van der Waals surface area contributed by atoms with Crippen molar-refractivity contribution in [2.24, 2.45) is 0 Å². The Labute approximate surface area is 107 Å². The van der Waals surface area contributed by atoms with Gasteiger partial charge in [-0.1, -0.05) is 12.1 Å². The van der Waals surface area contributed by atoms with Crippen LogP contribution in [0.3, 0.4) is 0 Å². The second kappa shape index (κ2) is 5.73. The lowest BCUT2D eigenvalue weighted by atomic mass is 10.1. The van der Waals surface area contributed by atoms with Crippen molar-refractivity contribution in [1.29, 1.82) is 0 Å². The van der Waals surface area contributed by atoms with E-state index >= 15 is 0 Å². The Hall–Kier alpha value is -2.05. The molecule has 1 rings (SSSR count). The first-order valence-corrected chi connectivity index (χ1v) is 5.40. The molecule has 19 heavy (non-hydrogen) atoms. The molecule has 1 atom stereocenters. The summed E-state index contributed by atoms with van der Waals surface area (Å²) >= 11 is 0. The summed E-state index contributed by atoms with van der Waals surface area (Å²) in [4.78, 5) is 22.6. The van der Waals surface area contributed by atoms with Gasteiger partial charge in [-0.3, -0.25) is 4.79 Å². The van der Waals surface area contributed by atoms with Crippen LogP contribution < -0.4 is 5.32 Å². The third-order valence-corrected chi connectivity index (χ3v) is 2.32. The Morgan fingerprint density at radius 1 is 1.26 bits per heavy atom. The maximum Gasteiger partial charge on any atom is 0.391 e. The molecule has 0 saturated heterocycles. The number of amides is 1. The lowest BCUT2D eigenvalue weighted by Crippen LogP contribution is -2.36. The van der Waals surface area contributed by atoms with Crippen molar-refractivity contribution in [1.82, 2.24) is 5.32 Å². The SMILES string of the molecule is CC(CC(F)(F)F)NC(=O)c1ccccc1C(=O)O. The number of alkyl halides is 3. The summed E-state index contributed by atoms with van der Waals surface area (Å²) in [6, 6.07) is 4.20. The zero-order chi connectivity index (χ0) is 14.6. The fraction of sp³-hybridized carbons (Fsp3) is 0.333. The predicted molar refractivity (Wildman–Crippen MR) is 61.0 cm³/mol. The number of rotatable bonds is 4. The zero-order valence-corrected chi connectivity index (χ0v) is 9.99. The van der Waals surface area contributed by atoms with Crippen LogP contribution >= 0.6 is 0 Å².